The number of carbonyl (C=O) groups excluding carboxylic acids is 2. The van der Waals surface area contributed by atoms with Crippen molar-refractivity contribution in [2.24, 2.45) is 0 Å². The Balaban J connectivity index is 1.37. The molecule has 0 unspecified atom stereocenters. The van der Waals surface area contributed by atoms with Crippen molar-refractivity contribution >= 4 is 21.8 Å². The molecule has 0 saturated carbocycles. The molecule has 3 N–H and O–H groups in total. The zero-order valence-corrected chi connectivity index (χ0v) is 18.5. The van der Waals surface area contributed by atoms with Crippen molar-refractivity contribution in [2.45, 2.75) is 18.4 Å². The number of nitrogens with one attached hydrogen (secondary N) is 3. The van der Waals surface area contributed by atoms with E-state index >= 15 is 0 Å². The summed E-state index contributed by atoms with van der Waals surface area (Å²) >= 11 is 0. The Labute approximate surface area is 183 Å². The van der Waals surface area contributed by atoms with E-state index in [4.69, 9.17) is 0 Å². The van der Waals surface area contributed by atoms with Crippen molar-refractivity contribution in [3.63, 3.8) is 0 Å². The Morgan fingerprint density at radius 2 is 1.55 bits per heavy atom. The van der Waals surface area contributed by atoms with Gasteiger partial charge in [0, 0.05) is 6.54 Å². The van der Waals surface area contributed by atoms with Crippen LogP contribution in [0, 0.1) is 6.92 Å². The molecule has 9 heteroatoms. The van der Waals surface area contributed by atoms with Crippen molar-refractivity contribution in [1.29, 1.82) is 0 Å². The van der Waals surface area contributed by atoms with Crippen LogP contribution in [0.5, 0.6) is 0 Å². The van der Waals surface area contributed by atoms with Gasteiger partial charge in [0.2, 0.25) is 10.0 Å². The third kappa shape index (κ3) is 6.36. The lowest BCUT2D eigenvalue weighted by molar-refractivity contribution is -0.902. The zero-order valence-electron chi connectivity index (χ0n) is 17.6. The van der Waals surface area contributed by atoms with E-state index in [-0.39, 0.29) is 0 Å². The van der Waals surface area contributed by atoms with Crippen molar-refractivity contribution in [3.8, 4) is 0 Å². The highest BCUT2D eigenvalue weighted by Crippen LogP contribution is 2.16. The van der Waals surface area contributed by atoms with E-state index in [9.17, 15) is 18.0 Å². The van der Waals surface area contributed by atoms with Gasteiger partial charge in [-0.15, -0.1) is 0 Å². The Hall–Kier alpha value is -2.75. The maximum atomic E-state index is 12.8. The number of carbonyl (C=O) groups is 2. The van der Waals surface area contributed by atoms with Crippen LogP contribution >= 0.6 is 0 Å². The van der Waals surface area contributed by atoms with Crippen LogP contribution in [0.15, 0.2) is 59.5 Å². The molecular formula is C22H29N4O4S+. The lowest BCUT2D eigenvalue weighted by atomic mass is 10.2. The number of sulfonamides is 1. The van der Waals surface area contributed by atoms with Crippen LogP contribution < -0.4 is 15.5 Å². The highest BCUT2D eigenvalue weighted by molar-refractivity contribution is 7.89. The summed E-state index contributed by atoms with van der Waals surface area (Å²) in [5, 5.41) is 5.23. The highest BCUT2D eigenvalue weighted by Gasteiger charge is 2.30. The molecule has 8 nitrogen and oxygen atoms in total. The van der Waals surface area contributed by atoms with Crippen molar-refractivity contribution in [2.75, 3.05) is 39.3 Å². The number of quaternary nitrogens is 1. The molecule has 0 aliphatic carbocycles. The first-order valence-corrected chi connectivity index (χ1v) is 11.8. The molecule has 2 aromatic rings. The summed E-state index contributed by atoms with van der Waals surface area (Å²) in [5.74, 6) is -1.32. The smallest absolute Gasteiger partial charge is 0.309 e. The summed E-state index contributed by atoms with van der Waals surface area (Å²) in [5.41, 5.74) is 1.94. The minimum atomic E-state index is -3.48. The number of benzene rings is 2. The molecular weight excluding hydrogens is 416 g/mol. The van der Waals surface area contributed by atoms with Crippen molar-refractivity contribution < 1.29 is 22.9 Å². The zero-order chi connectivity index (χ0) is 22.3. The van der Waals surface area contributed by atoms with Crippen LogP contribution in [-0.4, -0.2) is 63.8 Å². The fraction of sp³-hybridized carbons (Fsp3) is 0.364. The summed E-state index contributed by atoms with van der Waals surface area (Å²) in [6, 6.07) is 16.3. The number of nitrogens with zero attached hydrogens (tertiary/aromatic N) is 1. The molecule has 2 amide bonds. The standard InChI is InChI=1S/C22H28N4O4S/c1-18-7-9-20(10-8-18)31(29,30)26-15-13-25(14-16-26)12-11-23-21(27)22(28)24-17-19-5-3-2-4-6-19/h2-10H,11-17H2,1H3,(H,23,27)(H,24,28)/p+1. The molecule has 1 saturated heterocycles. The van der Waals surface area contributed by atoms with Gasteiger partial charge in [-0.2, -0.15) is 4.31 Å². The molecule has 31 heavy (non-hydrogen) atoms. The maximum absolute atomic E-state index is 12.8. The maximum Gasteiger partial charge on any atom is 0.309 e. The molecule has 3 rings (SSSR count). The molecule has 0 radical (unpaired) electrons. The fourth-order valence-electron chi connectivity index (χ4n) is 3.44. The van der Waals surface area contributed by atoms with Gasteiger partial charge in [0.05, 0.1) is 44.2 Å². The summed E-state index contributed by atoms with van der Waals surface area (Å²) in [6.07, 6.45) is 0. The predicted molar refractivity (Wildman–Crippen MR) is 117 cm³/mol. The minimum absolute atomic E-state index is 0.301. The van der Waals surface area contributed by atoms with Gasteiger partial charge in [0.25, 0.3) is 0 Å². The summed E-state index contributed by atoms with van der Waals surface area (Å²) in [7, 11) is -3.48. The lowest BCUT2D eigenvalue weighted by Crippen LogP contribution is -3.15. The molecule has 1 aliphatic rings. The highest BCUT2D eigenvalue weighted by atomic mass is 32.2. The van der Waals surface area contributed by atoms with E-state index < -0.39 is 21.8 Å². The topological polar surface area (TPSA) is 100 Å². The lowest BCUT2D eigenvalue weighted by Gasteiger charge is -2.31. The Morgan fingerprint density at radius 3 is 2.19 bits per heavy atom. The average Bonchev–Trinajstić information content (AvgIpc) is 2.78. The van der Waals surface area contributed by atoms with Gasteiger partial charge in [-0.1, -0.05) is 48.0 Å². The van der Waals surface area contributed by atoms with E-state index in [0.717, 1.165) is 11.1 Å². The quantitative estimate of drug-likeness (QED) is 0.492. The van der Waals surface area contributed by atoms with E-state index in [1.54, 1.807) is 24.3 Å². The molecule has 0 aromatic heterocycles. The molecule has 0 atom stereocenters. The van der Waals surface area contributed by atoms with Gasteiger partial charge in [-0.25, -0.2) is 8.42 Å². The van der Waals surface area contributed by atoms with Crippen molar-refractivity contribution in [1.82, 2.24) is 14.9 Å². The van der Waals surface area contributed by atoms with Crippen LogP contribution in [0.25, 0.3) is 0 Å². The minimum Gasteiger partial charge on any atom is -0.344 e. The van der Waals surface area contributed by atoms with Gasteiger partial charge in [-0.05, 0) is 24.6 Å². The van der Waals surface area contributed by atoms with Crippen LogP contribution in [0.4, 0.5) is 0 Å². The van der Waals surface area contributed by atoms with Gasteiger partial charge in [0.15, 0.2) is 0 Å². The molecule has 0 bridgehead atoms. The van der Waals surface area contributed by atoms with Crippen LogP contribution in [0.2, 0.25) is 0 Å². The Bertz CT molecular complexity index is 986. The van der Waals surface area contributed by atoms with Gasteiger partial charge >= 0.3 is 11.8 Å². The van der Waals surface area contributed by atoms with Gasteiger partial charge < -0.3 is 15.5 Å². The first-order valence-electron chi connectivity index (χ1n) is 10.4. The number of piperazine rings is 1. The summed E-state index contributed by atoms with van der Waals surface area (Å²) in [4.78, 5) is 25.4. The number of hydrogen-bond acceptors (Lipinski definition) is 4. The summed E-state index contributed by atoms with van der Waals surface area (Å²) in [6.45, 7) is 5.38. The average molecular weight is 446 g/mol. The third-order valence-corrected chi connectivity index (χ3v) is 7.27. The molecule has 1 aliphatic heterocycles. The molecule has 1 fully saturated rings. The van der Waals surface area contributed by atoms with Crippen LogP contribution in [0.3, 0.4) is 0 Å². The second-order valence-corrected chi connectivity index (χ2v) is 9.58. The number of rotatable bonds is 7. The molecule has 1 heterocycles. The first kappa shape index (κ1) is 22.9. The SMILES string of the molecule is Cc1ccc(S(=O)(=O)N2CC[NH+](CCNC(=O)C(=O)NCc3ccccc3)CC2)cc1. The number of aryl methyl sites for hydroxylation is 1. The normalized spacial score (nSPS) is 15.4. The fourth-order valence-corrected chi connectivity index (χ4v) is 4.89. The second kappa shape index (κ2) is 10.5. The van der Waals surface area contributed by atoms with Crippen LogP contribution in [0.1, 0.15) is 11.1 Å². The number of hydrogen-bond donors (Lipinski definition) is 3. The summed E-state index contributed by atoms with van der Waals surface area (Å²) < 4.78 is 27.0. The molecule has 2 aromatic carbocycles. The molecule has 0 spiro atoms. The van der Waals surface area contributed by atoms with E-state index in [1.165, 1.54) is 9.21 Å². The monoisotopic (exact) mass is 445 g/mol. The first-order chi connectivity index (χ1) is 14.9. The largest absolute Gasteiger partial charge is 0.344 e. The van der Waals surface area contributed by atoms with E-state index in [0.29, 0.717) is 50.7 Å². The van der Waals surface area contributed by atoms with Crippen LogP contribution in [-0.2, 0) is 26.2 Å². The van der Waals surface area contributed by atoms with Gasteiger partial charge in [0.1, 0.15) is 0 Å². The molecule has 166 valence electrons. The Morgan fingerprint density at radius 1 is 0.935 bits per heavy atom. The van der Waals surface area contributed by atoms with Gasteiger partial charge in [-0.3, -0.25) is 9.59 Å². The predicted octanol–water partition coefficient (Wildman–Crippen LogP) is -0.683. The Kier molecular flexibility index (Phi) is 7.78. The third-order valence-electron chi connectivity index (χ3n) is 5.35. The number of amides is 2. The van der Waals surface area contributed by atoms with E-state index in [2.05, 4.69) is 10.6 Å². The van der Waals surface area contributed by atoms with Crippen molar-refractivity contribution in [3.05, 3.63) is 65.7 Å². The second-order valence-electron chi connectivity index (χ2n) is 7.64. The van der Waals surface area contributed by atoms with E-state index in [1.807, 2.05) is 37.3 Å².